The predicted molar refractivity (Wildman–Crippen MR) is 45.4 cm³/mol. The molecule has 0 aliphatic carbocycles. The van der Waals surface area contributed by atoms with Gasteiger partial charge in [-0.2, -0.15) is 0 Å². The molecule has 2 heteroatoms. The van der Waals surface area contributed by atoms with E-state index in [1.54, 1.807) is 6.92 Å². The van der Waals surface area contributed by atoms with Gasteiger partial charge in [-0.25, -0.2) is 0 Å². The van der Waals surface area contributed by atoms with Crippen LogP contribution in [0.2, 0.25) is 0 Å². The molecule has 1 aliphatic heterocycles. The number of allylic oxidation sites excluding steroid dienone is 1. The van der Waals surface area contributed by atoms with Crippen LogP contribution in [0.3, 0.4) is 0 Å². The molecule has 0 aromatic heterocycles. The van der Waals surface area contributed by atoms with Crippen molar-refractivity contribution in [2.24, 2.45) is 5.92 Å². The van der Waals surface area contributed by atoms with E-state index >= 15 is 0 Å². The summed E-state index contributed by atoms with van der Waals surface area (Å²) in [6.45, 7) is 6.31. The molecule has 1 rings (SSSR count). The molecule has 1 fully saturated rings. The first kappa shape index (κ1) is 8.47. The van der Waals surface area contributed by atoms with Crippen LogP contribution in [0.25, 0.3) is 0 Å². The van der Waals surface area contributed by atoms with Crippen LogP contribution in [-0.2, 0) is 4.79 Å². The summed E-state index contributed by atoms with van der Waals surface area (Å²) in [5.74, 6) is 0.749. The summed E-state index contributed by atoms with van der Waals surface area (Å²) < 4.78 is 0. The first-order valence-electron chi connectivity index (χ1n) is 4.10. The number of carbonyl (C=O) groups is 1. The maximum atomic E-state index is 11.0. The third kappa shape index (κ3) is 1.90. The normalized spacial score (nSPS) is 30.3. The lowest BCUT2D eigenvalue weighted by Crippen LogP contribution is -2.33. The highest BCUT2D eigenvalue weighted by Crippen LogP contribution is 2.19. The largest absolute Gasteiger partial charge is 0.307 e. The van der Waals surface area contributed by atoms with Crippen molar-refractivity contribution >= 4 is 5.78 Å². The van der Waals surface area contributed by atoms with Gasteiger partial charge in [0.15, 0.2) is 0 Å². The van der Waals surface area contributed by atoms with Gasteiger partial charge in [0.05, 0.1) is 6.04 Å². The Balaban J connectivity index is 2.50. The molecule has 0 aromatic carbocycles. The Morgan fingerprint density at radius 1 is 1.82 bits per heavy atom. The van der Waals surface area contributed by atoms with Crippen LogP contribution < -0.4 is 5.32 Å². The highest BCUT2D eigenvalue weighted by Gasteiger charge is 2.28. The predicted octanol–water partition coefficient (Wildman–Crippen LogP) is 1.13. The van der Waals surface area contributed by atoms with E-state index in [9.17, 15) is 4.79 Å². The molecular weight excluding hydrogens is 138 g/mol. The molecule has 0 radical (unpaired) electrons. The third-order valence-corrected chi connectivity index (χ3v) is 2.26. The number of carbonyl (C=O) groups excluding carboxylic acids is 1. The quantitative estimate of drug-likeness (QED) is 0.616. The van der Waals surface area contributed by atoms with Gasteiger partial charge in [-0.1, -0.05) is 6.08 Å². The second kappa shape index (κ2) is 3.67. The van der Waals surface area contributed by atoms with Crippen molar-refractivity contribution in [3.63, 3.8) is 0 Å². The van der Waals surface area contributed by atoms with Crippen molar-refractivity contribution in [3.8, 4) is 0 Å². The molecule has 62 valence electrons. The Labute approximate surface area is 67.7 Å². The van der Waals surface area contributed by atoms with Gasteiger partial charge in [-0.15, -0.1) is 6.58 Å². The lowest BCUT2D eigenvalue weighted by molar-refractivity contribution is -0.119. The second-order valence-electron chi connectivity index (χ2n) is 3.12. The summed E-state index contributed by atoms with van der Waals surface area (Å²) >= 11 is 0. The molecule has 0 bridgehead atoms. The smallest absolute Gasteiger partial charge is 0.146 e. The Bertz CT molecular complexity index is 165. The zero-order chi connectivity index (χ0) is 8.27. The molecule has 0 aromatic rings. The van der Waals surface area contributed by atoms with E-state index in [1.807, 2.05) is 6.08 Å². The van der Waals surface area contributed by atoms with Gasteiger partial charge in [-0.3, -0.25) is 4.79 Å². The van der Waals surface area contributed by atoms with Gasteiger partial charge in [0.2, 0.25) is 0 Å². The molecule has 2 nitrogen and oxygen atoms in total. The fourth-order valence-electron chi connectivity index (χ4n) is 1.70. The number of hydrogen-bond donors (Lipinski definition) is 1. The van der Waals surface area contributed by atoms with E-state index in [4.69, 9.17) is 0 Å². The van der Waals surface area contributed by atoms with Crippen LogP contribution in [0.5, 0.6) is 0 Å². The topological polar surface area (TPSA) is 29.1 Å². The van der Waals surface area contributed by atoms with E-state index in [-0.39, 0.29) is 11.8 Å². The van der Waals surface area contributed by atoms with Crippen molar-refractivity contribution in [3.05, 3.63) is 12.7 Å². The van der Waals surface area contributed by atoms with Crippen LogP contribution in [0, 0.1) is 5.92 Å². The highest BCUT2D eigenvalue weighted by atomic mass is 16.1. The van der Waals surface area contributed by atoms with Crippen molar-refractivity contribution in [2.75, 3.05) is 6.54 Å². The SMILES string of the molecule is C=CC[C@H]1CCN[C@@H]1C(C)=O. The van der Waals surface area contributed by atoms with Gasteiger partial charge in [0.1, 0.15) is 5.78 Å². The average molecular weight is 153 g/mol. The van der Waals surface area contributed by atoms with Crippen LogP contribution in [0.15, 0.2) is 12.7 Å². The number of Topliss-reactive ketones (excluding diaryl/α,β-unsaturated/α-hetero) is 1. The summed E-state index contributed by atoms with van der Waals surface area (Å²) in [6, 6.07) is 0.0907. The Morgan fingerprint density at radius 2 is 2.55 bits per heavy atom. The van der Waals surface area contributed by atoms with Gasteiger partial charge in [-0.05, 0) is 32.2 Å². The third-order valence-electron chi connectivity index (χ3n) is 2.26. The van der Waals surface area contributed by atoms with Crippen molar-refractivity contribution in [2.45, 2.75) is 25.8 Å². The lowest BCUT2D eigenvalue weighted by atomic mass is 9.95. The lowest BCUT2D eigenvalue weighted by Gasteiger charge is -2.13. The summed E-state index contributed by atoms with van der Waals surface area (Å²) in [5.41, 5.74) is 0. The van der Waals surface area contributed by atoms with E-state index in [0.29, 0.717) is 5.92 Å². The van der Waals surface area contributed by atoms with Crippen molar-refractivity contribution in [1.29, 1.82) is 0 Å². The molecule has 11 heavy (non-hydrogen) atoms. The zero-order valence-corrected chi connectivity index (χ0v) is 6.97. The fourth-order valence-corrected chi connectivity index (χ4v) is 1.70. The summed E-state index contributed by atoms with van der Waals surface area (Å²) in [6.07, 6.45) is 3.96. The van der Waals surface area contributed by atoms with E-state index < -0.39 is 0 Å². The minimum Gasteiger partial charge on any atom is -0.307 e. The minimum absolute atomic E-state index is 0.0907. The van der Waals surface area contributed by atoms with Gasteiger partial charge in [0.25, 0.3) is 0 Å². The van der Waals surface area contributed by atoms with Crippen molar-refractivity contribution < 1.29 is 4.79 Å². The zero-order valence-electron chi connectivity index (χ0n) is 6.97. The van der Waals surface area contributed by atoms with Crippen LogP contribution in [-0.4, -0.2) is 18.4 Å². The monoisotopic (exact) mass is 153 g/mol. The number of hydrogen-bond acceptors (Lipinski definition) is 2. The molecule has 0 amide bonds. The molecule has 1 saturated heterocycles. The standard InChI is InChI=1S/C9H15NO/c1-3-4-8-5-6-10-9(8)7(2)11/h3,8-10H,1,4-6H2,2H3/t8-,9+/m0/s1. The summed E-state index contributed by atoms with van der Waals surface area (Å²) in [4.78, 5) is 11.0. The Kier molecular flexibility index (Phi) is 2.83. The fraction of sp³-hybridized carbons (Fsp3) is 0.667. The summed E-state index contributed by atoms with van der Waals surface area (Å²) in [7, 11) is 0. The number of nitrogens with one attached hydrogen (secondary N) is 1. The van der Waals surface area contributed by atoms with Gasteiger partial charge < -0.3 is 5.32 Å². The first-order valence-corrected chi connectivity index (χ1v) is 4.10. The molecule has 1 aliphatic rings. The molecule has 0 saturated carbocycles. The van der Waals surface area contributed by atoms with Gasteiger partial charge >= 0.3 is 0 Å². The second-order valence-corrected chi connectivity index (χ2v) is 3.12. The molecule has 1 N–H and O–H groups in total. The van der Waals surface area contributed by atoms with Gasteiger partial charge in [0, 0.05) is 0 Å². The molecule has 2 atom stereocenters. The maximum absolute atomic E-state index is 11.0. The Hall–Kier alpha value is -0.630. The summed E-state index contributed by atoms with van der Waals surface area (Å²) in [5, 5.41) is 3.19. The molecular formula is C9H15NO. The van der Waals surface area contributed by atoms with Crippen LogP contribution in [0.1, 0.15) is 19.8 Å². The van der Waals surface area contributed by atoms with Crippen LogP contribution in [0.4, 0.5) is 0 Å². The highest BCUT2D eigenvalue weighted by molar-refractivity contribution is 5.82. The average Bonchev–Trinajstić information content (AvgIpc) is 2.36. The van der Waals surface area contributed by atoms with E-state index in [1.165, 1.54) is 0 Å². The van der Waals surface area contributed by atoms with Crippen molar-refractivity contribution in [1.82, 2.24) is 5.32 Å². The van der Waals surface area contributed by atoms with Crippen LogP contribution >= 0.6 is 0 Å². The van der Waals surface area contributed by atoms with E-state index in [0.717, 1.165) is 19.4 Å². The Morgan fingerprint density at radius 3 is 3.09 bits per heavy atom. The number of rotatable bonds is 3. The molecule has 0 unspecified atom stereocenters. The van der Waals surface area contributed by atoms with E-state index in [2.05, 4.69) is 11.9 Å². The number of ketones is 1. The minimum atomic E-state index is 0.0907. The molecule has 1 heterocycles. The molecule has 0 spiro atoms. The maximum Gasteiger partial charge on any atom is 0.146 e. The first-order chi connectivity index (χ1) is 5.25.